The Morgan fingerprint density at radius 3 is 2.68 bits per heavy atom. The van der Waals surface area contributed by atoms with E-state index in [-0.39, 0.29) is 5.97 Å². The number of piperidine rings is 1. The molecule has 1 fully saturated rings. The summed E-state index contributed by atoms with van der Waals surface area (Å²) in [6.07, 6.45) is 1.55. The Balaban J connectivity index is 2.48. The maximum absolute atomic E-state index is 11.4. The van der Waals surface area contributed by atoms with Gasteiger partial charge in [0.2, 0.25) is 0 Å². The summed E-state index contributed by atoms with van der Waals surface area (Å²) in [4.78, 5) is 22.8. The molecule has 19 heavy (non-hydrogen) atoms. The largest absolute Gasteiger partial charge is 0.467 e. The Morgan fingerprint density at radius 2 is 2.11 bits per heavy atom. The van der Waals surface area contributed by atoms with E-state index in [9.17, 15) is 9.59 Å². The second kappa shape index (κ2) is 6.40. The molecule has 0 aromatic rings. The number of methoxy groups -OCH3 is 1. The molecule has 1 aliphatic rings. The Bertz CT molecular complexity index is 374. The van der Waals surface area contributed by atoms with Crippen LogP contribution in [-0.4, -0.2) is 36.7 Å². The number of hydrogen-bond acceptors (Lipinski definition) is 5. The lowest BCUT2D eigenvalue weighted by molar-refractivity contribution is -0.143. The van der Waals surface area contributed by atoms with Crippen LogP contribution in [0.2, 0.25) is 0 Å². The molecule has 0 bridgehead atoms. The molecular weight excluding hydrogens is 250 g/mol. The van der Waals surface area contributed by atoms with Crippen molar-refractivity contribution in [3.8, 4) is 0 Å². The second-order valence-electron chi connectivity index (χ2n) is 5.28. The molecule has 1 aliphatic heterocycles. The van der Waals surface area contributed by atoms with Crippen molar-refractivity contribution in [1.82, 2.24) is 10.7 Å². The lowest BCUT2D eigenvalue weighted by Crippen LogP contribution is -2.45. The van der Waals surface area contributed by atoms with Crippen LogP contribution < -0.4 is 10.7 Å². The number of ether oxygens (including phenoxy) is 2. The summed E-state index contributed by atoms with van der Waals surface area (Å²) in [5.41, 5.74) is 1.73. The smallest absolute Gasteiger partial charge is 0.428 e. The fourth-order valence-corrected chi connectivity index (χ4v) is 1.64. The minimum Gasteiger partial charge on any atom is -0.467 e. The van der Waals surface area contributed by atoms with Crippen molar-refractivity contribution >= 4 is 17.9 Å². The quantitative estimate of drug-likeness (QED) is 0.580. The van der Waals surface area contributed by atoms with Crippen LogP contribution in [0.25, 0.3) is 0 Å². The first-order valence-electron chi connectivity index (χ1n) is 6.22. The van der Waals surface area contributed by atoms with Gasteiger partial charge in [-0.1, -0.05) is 0 Å². The minimum absolute atomic E-state index is 0.329. The number of carbonyl (C=O) groups is 2. The maximum atomic E-state index is 11.4. The number of amides is 1. The van der Waals surface area contributed by atoms with Crippen molar-refractivity contribution in [1.29, 1.82) is 0 Å². The van der Waals surface area contributed by atoms with Crippen molar-refractivity contribution in [3.63, 3.8) is 0 Å². The van der Waals surface area contributed by atoms with Crippen molar-refractivity contribution in [2.45, 2.75) is 51.7 Å². The highest BCUT2D eigenvalue weighted by molar-refractivity contribution is 5.89. The first kappa shape index (κ1) is 15.3. The monoisotopic (exact) mass is 271 g/mol. The van der Waals surface area contributed by atoms with Crippen LogP contribution in [0.5, 0.6) is 0 Å². The second-order valence-corrected chi connectivity index (χ2v) is 5.28. The SMILES string of the molecule is COC(=O)C1CCCC(=NNC(=O)OC(C)(C)C)N1. The Hall–Kier alpha value is -1.79. The van der Waals surface area contributed by atoms with Gasteiger partial charge in [-0.2, -0.15) is 5.10 Å². The number of nitrogens with zero attached hydrogens (tertiary/aromatic N) is 1. The third-order valence-corrected chi connectivity index (χ3v) is 2.41. The van der Waals surface area contributed by atoms with Gasteiger partial charge in [0.15, 0.2) is 0 Å². The van der Waals surface area contributed by atoms with Crippen LogP contribution in [0.3, 0.4) is 0 Å². The Kier molecular flexibility index (Phi) is 5.14. The van der Waals surface area contributed by atoms with E-state index in [1.807, 2.05) is 0 Å². The van der Waals surface area contributed by atoms with Crippen molar-refractivity contribution in [3.05, 3.63) is 0 Å². The lowest BCUT2D eigenvalue weighted by Gasteiger charge is -2.24. The molecule has 0 aromatic carbocycles. The third kappa shape index (κ3) is 5.58. The van der Waals surface area contributed by atoms with Crippen LogP contribution in [-0.2, 0) is 14.3 Å². The number of esters is 1. The van der Waals surface area contributed by atoms with Gasteiger partial charge in [-0.05, 0) is 33.6 Å². The van der Waals surface area contributed by atoms with Gasteiger partial charge < -0.3 is 14.8 Å². The Labute approximate surface area is 112 Å². The first-order chi connectivity index (χ1) is 8.81. The van der Waals surface area contributed by atoms with Crippen LogP contribution in [0.15, 0.2) is 5.10 Å². The molecule has 1 amide bonds. The van der Waals surface area contributed by atoms with E-state index < -0.39 is 17.7 Å². The minimum atomic E-state index is -0.623. The Morgan fingerprint density at radius 1 is 1.42 bits per heavy atom. The van der Waals surface area contributed by atoms with Gasteiger partial charge in [-0.15, -0.1) is 0 Å². The highest BCUT2D eigenvalue weighted by atomic mass is 16.6. The number of hydrazone groups is 1. The number of carbonyl (C=O) groups excluding carboxylic acids is 2. The van der Waals surface area contributed by atoms with E-state index in [1.54, 1.807) is 20.8 Å². The summed E-state index contributed by atoms with van der Waals surface area (Å²) in [5.74, 6) is 0.220. The summed E-state index contributed by atoms with van der Waals surface area (Å²) in [5, 5.41) is 6.83. The van der Waals surface area contributed by atoms with Gasteiger partial charge >= 0.3 is 12.1 Å². The van der Waals surface area contributed by atoms with E-state index in [0.717, 1.165) is 6.42 Å². The molecule has 1 atom stereocenters. The molecule has 1 heterocycles. The zero-order valence-corrected chi connectivity index (χ0v) is 11.8. The molecular formula is C12H21N3O4. The molecule has 0 saturated carbocycles. The standard InChI is InChI=1S/C12H21N3O4/c1-12(2,3)19-11(17)15-14-9-7-5-6-8(13-9)10(16)18-4/h8H,5-7H2,1-4H3,(H,13,14)(H,15,17). The van der Waals surface area contributed by atoms with Gasteiger partial charge in [0, 0.05) is 6.42 Å². The van der Waals surface area contributed by atoms with Crippen LogP contribution in [0.4, 0.5) is 4.79 Å². The van der Waals surface area contributed by atoms with Gasteiger partial charge in [0.1, 0.15) is 17.5 Å². The molecule has 0 aliphatic carbocycles. The zero-order valence-electron chi connectivity index (χ0n) is 11.8. The molecule has 1 saturated heterocycles. The van der Waals surface area contributed by atoms with E-state index in [0.29, 0.717) is 18.7 Å². The summed E-state index contributed by atoms with van der Waals surface area (Å²) >= 11 is 0. The molecule has 0 aromatic heterocycles. The molecule has 0 radical (unpaired) electrons. The molecule has 7 nitrogen and oxygen atoms in total. The molecule has 108 valence electrons. The summed E-state index contributed by atoms with van der Waals surface area (Å²) in [7, 11) is 1.34. The average Bonchev–Trinajstić information content (AvgIpc) is 2.34. The highest BCUT2D eigenvalue weighted by Crippen LogP contribution is 2.10. The van der Waals surface area contributed by atoms with E-state index in [4.69, 9.17) is 4.74 Å². The van der Waals surface area contributed by atoms with Crippen LogP contribution in [0, 0.1) is 0 Å². The van der Waals surface area contributed by atoms with Crippen LogP contribution >= 0.6 is 0 Å². The van der Waals surface area contributed by atoms with Crippen LogP contribution in [0.1, 0.15) is 40.0 Å². The average molecular weight is 271 g/mol. The maximum Gasteiger partial charge on any atom is 0.428 e. The number of rotatable bonds is 2. The van der Waals surface area contributed by atoms with E-state index in [2.05, 4.69) is 20.6 Å². The predicted molar refractivity (Wildman–Crippen MR) is 69.6 cm³/mol. The lowest BCUT2D eigenvalue weighted by atomic mass is 10.0. The van der Waals surface area contributed by atoms with Gasteiger partial charge in [0.05, 0.1) is 7.11 Å². The fraction of sp³-hybridized carbons (Fsp3) is 0.750. The molecule has 7 heteroatoms. The summed E-state index contributed by atoms with van der Waals surface area (Å²) < 4.78 is 9.71. The normalized spacial score (nSPS) is 21.5. The zero-order chi connectivity index (χ0) is 14.5. The first-order valence-corrected chi connectivity index (χ1v) is 6.22. The summed E-state index contributed by atoms with van der Waals surface area (Å²) in [6, 6.07) is -0.405. The number of nitrogens with one attached hydrogen (secondary N) is 2. The van der Waals surface area contributed by atoms with Crippen molar-refractivity contribution in [2.24, 2.45) is 5.10 Å². The third-order valence-electron chi connectivity index (χ3n) is 2.41. The molecule has 1 unspecified atom stereocenters. The number of hydrogen-bond donors (Lipinski definition) is 2. The van der Waals surface area contributed by atoms with Crippen molar-refractivity contribution in [2.75, 3.05) is 7.11 Å². The van der Waals surface area contributed by atoms with Gasteiger partial charge in [-0.25, -0.2) is 15.0 Å². The van der Waals surface area contributed by atoms with Gasteiger partial charge in [0.25, 0.3) is 0 Å². The topological polar surface area (TPSA) is 89.0 Å². The highest BCUT2D eigenvalue weighted by Gasteiger charge is 2.24. The van der Waals surface area contributed by atoms with Gasteiger partial charge in [-0.3, -0.25) is 0 Å². The summed E-state index contributed by atoms with van der Waals surface area (Å²) in [6.45, 7) is 5.31. The van der Waals surface area contributed by atoms with Crippen molar-refractivity contribution < 1.29 is 19.1 Å². The molecule has 1 rings (SSSR count). The van der Waals surface area contributed by atoms with E-state index in [1.165, 1.54) is 7.11 Å². The fourth-order valence-electron chi connectivity index (χ4n) is 1.64. The molecule has 0 spiro atoms. The molecule has 2 N–H and O–H groups in total. The predicted octanol–water partition coefficient (Wildman–Crippen LogP) is 1.14. The van der Waals surface area contributed by atoms with E-state index >= 15 is 0 Å². The number of amidine groups is 1.